The Balaban J connectivity index is 2.32. The maximum atomic E-state index is 12.8. The number of amides is 1. The largest absolute Gasteiger partial charge is 0.497 e. The zero-order valence-electron chi connectivity index (χ0n) is 11.5. The summed E-state index contributed by atoms with van der Waals surface area (Å²) in [6.45, 7) is 0. The Hall–Kier alpha value is -2.03. The molecule has 9 heteroatoms. The summed E-state index contributed by atoms with van der Waals surface area (Å²) >= 11 is 2.79. The van der Waals surface area contributed by atoms with Gasteiger partial charge in [0.1, 0.15) is 11.4 Å². The molecule has 2 rings (SSSR count). The monoisotopic (exact) mass is 377 g/mol. The van der Waals surface area contributed by atoms with Crippen LogP contribution >= 0.6 is 15.9 Å². The third kappa shape index (κ3) is 3.24. The number of nitrogens with one attached hydrogen (secondary N) is 1. The predicted octanol–water partition coefficient (Wildman–Crippen LogP) is 3.46. The zero-order chi connectivity index (χ0) is 16.5. The van der Waals surface area contributed by atoms with E-state index in [0.717, 1.165) is 4.68 Å². The number of halogens is 4. The van der Waals surface area contributed by atoms with Crippen LogP contribution in [0.15, 0.2) is 28.7 Å². The highest BCUT2D eigenvalue weighted by Crippen LogP contribution is 2.35. The summed E-state index contributed by atoms with van der Waals surface area (Å²) in [5.74, 6) is -0.205. The third-order valence-electron chi connectivity index (χ3n) is 2.80. The van der Waals surface area contributed by atoms with E-state index in [1.165, 1.54) is 14.2 Å². The van der Waals surface area contributed by atoms with E-state index in [2.05, 4.69) is 26.3 Å². The Kier molecular flexibility index (Phi) is 4.45. The number of ether oxygens (including phenoxy) is 1. The van der Waals surface area contributed by atoms with Gasteiger partial charge in [0.2, 0.25) is 0 Å². The van der Waals surface area contributed by atoms with Gasteiger partial charge in [-0.2, -0.15) is 18.3 Å². The van der Waals surface area contributed by atoms with Crippen molar-refractivity contribution in [3.8, 4) is 5.75 Å². The normalized spacial score (nSPS) is 11.4. The Labute approximate surface area is 132 Å². The van der Waals surface area contributed by atoms with Gasteiger partial charge in [0, 0.05) is 18.8 Å². The topological polar surface area (TPSA) is 56.1 Å². The van der Waals surface area contributed by atoms with Crippen molar-refractivity contribution in [3.63, 3.8) is 0 Å². The molecule has 2 aromatic rings. The molecule has 1 amide bonds. The number of carbonyl (C=O) groups is 1. The van der Waals surface area contributed by atoms with Gasteiger partial charge in [-0.1, -0.05) is 6.07 Å². The van der Waals surface area contributed by atoms with Crippen LogP contribution in [0.1, 0.15) is 16.2 Å². The molecule has 1 heterocycles. The lowest BCUT2D eigenvalue weighted by molar-refractivity contribution is -0.142. The molecule has 1 aromatic heterocycles. The van der Waals surface area contributed by atoms with Crippen molar-refractivity contribution in [2.45, 2.75) is 6.18 Å². The fraction of sp³-hybridized carbons (Fsp3) is 0.231. The highest BCUT2D eigenvalue weighted by Gasteiger charge is 2.39. The minimum atomic E-state index is -4.65. The summed E-state index contributed by atoms with van der Waals surface area (Å²) in [5, 5.41) is 5.84. The summed E-state index contributed by atoms with van der Waals surface area (Å²) in [5.41, 5.74) is -0.980. The van der Waals surface area contributed by atoms with Gasteiger partial charge in [-0.3, -0.25) is 9.48 Å². The number of aryl methyl sites for hydroxylation is 1. The quantitative estimate of drug-likeness (QED) is 0.890. The third-order valence-corrected chi connectivity index (χ3v) is 3.55. The fourth-order valence-corrected chi connectivity index (χ4v) is 2.56. The minimum absolute atomic E-state index is 0.227. The first-order valence-electron chi connectivity index (χ1n) is 5.99. The van der Waals surface area contributed by atoms with E-state index in [9.17, 15) is 18.0 Å². The molecule has 0 radical (unpaired) electrons. The summed E-state index contributed by atoms with van der Waals surface area (Å²) in [6, 6.07) is 6.47. The van der Waals surface area contributed by atoms with Crippen LogP contribution in [0.25, 0.3) is 0 Å². The fourth-order valence-electron chi connectivity index (χ4n) is 1.82. The van der Waals surface area contributed by atoms with Crippen molar-refractivity contribution in [1.29, 1.82) is 0 Å². The Morgan fingerprint density at radius 3 is 2.64 bits per heavy atom. The number of rotatable bonds is 3. The molecule has 0 saturated heterocycles. The number of nitrogens with zero attached hydrogens (tertiary/aromatic N) is 2. The smallest absolute Gasteiger partial charge is 0.436 e. The molecule has 1 aromatic carbocycles. The van der Waals surface area contributed by atoms with E-state index < -0.39 is 22.3 Å². The number of hydrogen-bond donors (Lipinski definition) is 1. The number of carbonyl (C=O) groups excluding carboxylic acids is 1. The second-order valence-corrected chi connectivity index (χ2v) is 5.11. The van der Waals surface area contributed by atoms with Gasteiger partial charge < -0.3 is 10.1 Å². The highest BCUT2D eigenvalue weighted by molar-refractivity contribution is 9.10. The standard InChI is InChI=1S/C13H11BrF3N3O2/c1-20-10(9(14)11(19-20)13(15,16)17)12(21)18-7-4-3-5-8(6-7)22-2/h3-6H,1-2H3,(H,18,21). The summed E-state index contributed by atoms with van der Waals surface area (Å²) in [4.78, 5) is 12.2. The minimum Gasteiger partial charge on any atom is -0.497 e. The lowest BCUT2D eigenvalue weighted by Gasteiger charge is -2.07. The summed E-state index contributed by atoms with van der Waals surface area (Å²) < 4.78 is 43.8. The molecule has 0 fully saturated rings. The van der Waals surface area contributed by atoms with E-state index in [0.29, 0.717) is 11.4 Å². The van der Waals surface area contributed by atoms with Crippen molar-refractivity contribution in [3.05, 3.63) is 40.1 Å². The Morgan fingerprint density at radius 2 is 2.09 bits per heavy atom. The molecule has 0 saturated carbocycles. The number of aromatic nitrogens is 2. The van der Waals surface area contributed by atoms with Crippen LogP contribution in [-0.4, -0.2) is 22.8 Å². The van der Waals surface area contributed by atoms with Crippen LogP contribution in [0.2, 0.25) is 0 Å². The van der Waals surface area contributed by atoms with Gasteiger partial charge in [0.05, 0.1) is 11.6 Å². The van der Waals surface area contributed by atoms with Crippen molar-refractivity contribution in [2.24, 2.45) is 7.05 Å². The summed E-state index contributed by atoms with van der Waals surface area (Å²) in [7, 11) is 2.73. The van der Waals surface area contributed by atoms with Gasteiger partial charge in [0.15, 0.2) is 5.69 Å². The van der Waals surface area contributed by atoms with Gasteiger partial charge in [0.25, 0.3) is 5.91 Å². The molecular weight excluding hydrogens is 367 g/mol. The molecular formula is C13H11BrF3N3O2. The second kappa shape index (κ2) is 5.99. The molecule has 22 heavy (non-hydrogen) atoms. The van der Waals surface area contributed by atoms with E-state index in [1.807, 2.05) is 0 Å². The van der Waals surface area contributed by atoms with Crippen LogP contribution in [0.5, 0.6) is 5.75 Å². The first-order valence-corrected chi connectivity index (χ1v) is 6.78. The van der Waals surface area contributed by atoms with Gasteiger partial charge >= 0.3 is 6.18 Å². The van der Waals surface area contributed by atoms with E-state index in [-0.39, 0.29) is 5.69 Å². The zero-order valence-corrected chi connectivity index (χ0v) is 13.1. The SMILES string of the molecule is COc1cccc(NC(=O)c2c(Br)c(C(F)(F)F)nn2C)c1. The second-order valence-electron chi connectivity index (χ2n) is 4.32. The number of hydrogen-bond acceptors (Lipinski definition) is 3. The molecule has 0 bridgehead atoms. The molecule has 5 nitrogen and oxygen atoms in total. The van der Waals surface area contributed by atoms with Crippen LogP contribution in [0.4, 0.5) is 18.9 Å². The first-order chi connectivity index (χ1) is 10.2. The maximum Gasteiger partial charge on any atom is 0.436 e. The van der Waals surface area contributed by atoms with E-state index >= 15 is 0 Å². The number of benzene rings is 1. The number of methoxy groups -OCH3 is 1. The van der Waals surface area contributed by atoms with Crippen molar-refractivity contribution >= 4 is 27.5 Å². The average molecular weight is 378 g/mol. The number of alkyl halides is 3. The van der Waals surface area contributed by atoms with Crippen LogP contribution < -0.4 is 10.1 Å². The molecule has 0 aliphatic heterocycles. The van der Waals surface area contributed by atoms with Gasteiger partial charge in [-0.15, -0.1) is 0 Å². The lowest BCUT2D eigenvalue weighted by Crippen LogP contribution is -2.16. The molecule has 0 atom stereocenters. The van der Waals surface area contributed by atoms with E-state index in [1.54, 1.807) is 24.3 Å². The van der Waals surface area contributed by atoms with Crippen molar-refractivity contribution < 1.29 is 22.7 Å². The molecule has 118 valence electrons. The molecule has 1 N–H and O–H groups in total. The Morgan fingerprint density at radius 1 is 1.41 bits per heavy atom. The van der Waals surface area contributed by atoms with Crippen LogP contribution in [0, 0.1) is 0 Å². The van der Waals surface area contributed by atoms with E-state index in [4.69, 9.17) is 4.74 Å². The van der Waals surface area contributed by atoms with Crippen molar-refractivity contribution in [1.82, 2.24) is 9.78 Å². The first kappa shape index (κ1) is 16.3. The molecule has 0 unspecified atom stereocenters. The lowest BCUT2D eigenvalue weighted by atomic mass is 10.2. The van der Waals surface area contributed by atoms with Gasteiger partial charge in [-0.05, 0) is 28.1 Å². The highest BCUT2D eigenvalue weighted by atomic mass is 79.9. The maximum absolute atomic E-state index is 12.8. The van der Waals surface area contributed by atoms with Crippen LogP contribution in [-0.2, 0) is 13.2 Å². The summed E-state index contributed by atoms with van der Waals surface area (Å²) in [6.07, 6.45) is -4.65. The van der Waals surface area contributed by atoms with Crippen molar-refractivity contribution in [2.75, 3.05) is 12.4 Å². The molecule has 0 spiro atoms. The Bertz CT molecular complexity index is 713. The van der Waals surface area contributed by atoms with Crippen LogP contribution in [0.3, 0.4) is 0 Å². The molecule has 0 aliphatic rings. The molecule has 0 aliphatic carbocycles. The van der Waals surface area contributed by atoms with Gasteiger partial charge in [-0.25, -0.2) is 0 Å². The predicted molar refractivity (Wildman–Crippen MR) is 76.9 cm³/mol. The number of anilines is 1. The average Bonchev–Trinajstić information content (AvgIpc) is 2.74.